The third kappa shape index (κ3) is 3.16. The largest absolute Gasteiger partial charge is 0.323 e. The van der Waals surface area contributed by atoms with Gasteiger partial charge in [-0.25, -0.2) is 16.8 Å². The highest BCUT2D eigenvalue weighted by molar-refractivity contribution is 7.95. The average Bonchev–Trinajstić information content (AvgIpc) is 2.65. The molecule has 1 aliphatic rings. The molecule has 5 nitrogen and oxygen atoms in total. The van der Waals surface area contributed by atoms with Crippen LogP contribution >= 0.6 is 0 Å². The van der Waals surface area contributed by atoms with E-state index >= 15 is 0 Å². The highest BCUT2D eigenvalue weighted by atomic mass is 32.2. The molecule has 2 unspecified atom stereocenters. The molecular weight excluding hydrogens is 286 g/mol. The maximum absolute atomic E-state index is 12.2. The summed E-state index contributed by atoms with van der Waals surface area (Å²) in [6.07, 6.45) is 1.40. The third-order valence-corrected chi connectivity index (χ3v) is 6.80. The van der Waals surface area contributed by atoms with E-state index in [0.717, 1.165) is 17.4 Å². The summed E-state index contributed by atoms with van der Waals surface area (Å²) in [5, 5.41) is -0.716. The van der Waals surface area contributed by atoms with Gasteiger partial charge < -0.3 is 5.73 Å². The van der Waals surface area contributed by atoms with Crippen LogP contribution in [0.1, 0.15) is 17.2 Å². The number of fused-ring (bicyclic) bond motifs is 1. The Hall–Kier alpha value is -0.920. The van der Waals surface area contributed by atoms with Crippen LogP contribution in [0.15, 0.2) is 24.3 Å². The van der Waals surface area contributed by atoms with Gasteiger partial charge in [0.05, 0.1) is 16.8 Å². The first-order chi connectivity index (χ1) is 8.71. The maximum Gasteiger partial charge on any atom is 0.156 e. The predicted octanol–water partition coefficient (Wildman–Crippen LogP) is 0.0705. The van der Waals surface area contributed by atoms with Gasteiger partial charge in [-0.2, -0.15) is 0 Å². The van der Waals surface area contributed by atoms with Crippen LogP contribution in [-0.4, -0.2) is 39.8 Å². The van der Waals surface area contributed by atoms with Crippen LogP contribution in [-0.2, 0) is 26.1 Å². The fourth-order valence-corrected chi connectivity index (χ4v) is 5.83. The number of hydrogen-bond acceptors (Lipinski definition) is 5. The smallest absolute Gasteiger partial charge is 0.156 e. The average molecular weight is 303 g/mol. The zero-order chi connectivity index (χ0) is 14.3. The SMILES string of the molecule is CS(=O)(=O)CCS(=O)(=O)C1Cc2ccccc2C1N. The molecule has 0 bridgehead atoms. The lowest BCUT2D eigenvalue weighted by molar-refractivity contribution is 0.564. The minimum atomic E-state index is -3.51. The third-order valence-electron chi connectivity index (χ3n) is 3.44. The highest BCUT2D eigenvalue weighted by Gasteiger charge is 2.38. The van der Waals surface area contributed by atoms with E-state index in [9.17, 15) is 16.8 Å². The maximum atomic E-state index is 12.2. The van der Waals surface area contributed by atoms with Gasteiger partial charge in [-0.3, -0.25) is 0 Å². The van der Waals surface area contributed by atoms with Crippen LogP contribution < -0.4 is 5.73 Å². The van der Waals surface area contributed by atoms with E-state index in [0.29, 0.717) is 6.42 Å². The van der Waals surface area contributed by atoms with Crippen LogP contribution in [0.4, 0.5) is 0 Å². The molecule has 0 fully saturated rings. The van der Waals surface area contributed by atoms with Crippen LogP contribution in [0.5, 0.6) is 0 Å². The van der Waals surface area contributed by atoms with E-state index in [2.05, 4.69) is 0 Å². The fraction of sp³-hybridized carbons (Fsp3) is 0.500. The summed E-state index contributed by atoms with van der Waals surface area (Å²) in [7, 11) is -6.81. The van der Waals surface area contributed by atoms with E-state index in [4.69, 9.17) is 5.73 Å². The van der Waals surface area contributed by atoms with E-state index in [-0.39, 0.29) is 11.5 Å². The first-order valence-corrected chi connectivity index (χ1v) is 9.71. The van der Waals surface area contributed by atoms with Gasteiger partial charge in [0.2, 0.25) is 0 Å². The van der Waals surface area contributed by atoms with Gasteiger partial charge in [-0.05, 0) is 17.5 Å². The molecule has 0 aliphatic heterocycles. The second-order valence-electron chi connectivity index (χ2n) is 4.96. The number of benzene rings is 1. The van der Waals surface area contributed by atoms with Crippen LogP contribution in [0, 0.1) is 0 Å². The standard InChI is InChI=1S/C12H17NO4S2/c1-18(14,15)6-7-19(16,17)11-8-9-4-2-3-5-10(9)12(11)13/h2-5,11-12H,6-8,13H2,1H3. The minimum Gasteiger partial charge on any atom is -0.323 e. The molecule has 19 heavy (non-hydrogen) atoms. The molecule has 106 valence electrons. The molecule has 2 rings (SSSR count). The van der Waals surface area contributed by atoms with E-state index < -0.39 is 31.0 Å². The van der Waals surface area contributed by atoms with Gasteiger partial charge in [0.25, 0.3) is 0 Å². The monoisotopic (exact) mass is 303 g/mol. The van der Waals surface area contributed by atoms with Crippen LogP contribution in [0.3, 0.4) is 0 Å². The van der Waals surface area contributed by atoms with Crippen molar-refractivity contribution < 1.29 is 16.8 Å². The first-order valence-electron chi connectivity index (χ1n) is 5.93. The number of nitrogens with two attached hydrogens (primary N) is 1. The molecular formula is C12H17NO4S2. The van der Waals surface area contributed by atoms with Crippen molar-refractivity contribution in [3.63, 3.8) is 0 Å². The summed E-state index contributed by atoms with van der Waals surface area (Å²) in [5.41, 5.74) is 7.76. The Labute approximate surface area is 113 Å². The molecule has 1 aliphatic carbocycles. The summed E-state index contributed by atoms with van der Waals surface area (Å²) in [4.78, 5) is 0. The Balaban J connectivity index is 2.21. The predicted molar refractivity (Wildman–Crippen MR) is 74.4 cm³/mol. The van der Waals surface area contributed by atoms with Gasteiger partial charge >= 0.3 is 0 Å². The molecule has 1 aromatic carbocycles. The molecule has 0 saturated heterocycles. The topological polar surface area (TPSA) is 94.3 Å². The molecule has 0 heterocycles. The lowest BCUT2D eigenvalue weighted by Gasteiger charge is -2.16. The summed E-state index contributed by atoms with van der Waals surface area (Å²) >= 11 is 0. The van der Waals surface area contributed by atoms with E-state index in [1.807, 2.05) is 24.3 Å². The molecule has 7 heteroatoms. The van der Waals surface area contributed by atoms with Gasteiger partial charge in [0.15, 0.2) is 9.84 Å². The van der Waals surface area contributed by atoms with E-state index in [1.54, 1.807) is 0 Å². The van der Waals surface area contributed by atoms with Crippen LogP contribution in [0.25, 0.3) is 0 Å². The molecule has 2 atom stereocenters. The first kappa shape index (κ1) is 14.5. The van der Waals surface area contributed by atoms with Crippen molar-refractivity contribution >= 4 is 19.7 Å². The van der Waals surface area contributed by atoms with Crippen molar-refractivity contribution in [2.45, 2.75) is 17.7 Å². The molecule has 0 amide bonds. The van der Waals surface area contributed by atoms with Crippen LogP contribution in [0.2, 0.25) is 0 Å². The second kappa shape index (κ2) is 4.88. The fourth-order valence-electron chi connectivity index (χ4n) is 2.36. The summed E-state index contributed by atoms with van der Waals surface area (Å²) in [5.74, 6) is -0.715. The molecule has 0 spiro atoms. The molecule has 0 saturated carbocycles. The summed E-state index contributed by atoms with van der Waals surface area (Å²) in [6, 6.07) is 6.79. The van der Waals surface area contributed by atoms with E-state index in [1.165, 1.54) is 0 Å². The zero-order valence-corrected chi connectivity index (χ0v) is 12.2. The quantitative estimate of drug-likeness (QED) is 0.849. The van der Waals surface area contributed by atoms with Crippen molar-refractivity contribution in [2.75, 3.05) is 17.8 Å². The van der Waals surface area contributed by atoms with Gasteiger partial charge in [-0.1, -0.05) is 24.3 Å². The van der Waals surface area contributed by atoms with Crippen molar-refractivity contribution in [1.29, 1.82) is 0 Å². The highest BCUT2D eigenvalue weighted by Crippen LogP contribution is 2.33. The minimum absolute atomic E-state index is 0.352. The normalized spacial score (nSPS) is 23.3. The Kier molecular flexibility index (Phi) is 3.72. The zero-order valence-electron chi connectivity index (χ0n) is 10.6. The summed E-state index contributed by atoms with van der Waals surface area (Å²) in [6.45, 7) is 0. The van der Waals surface area contributed by atoms with Crippen molar-refractivity contribution in [3.8, 4) is 0 Å². The van der Waals surface area contributed by atoms with Gasteiger partial charge in [0, 0.05) is 12.3 Å². The summed E-state index contributed by atoms with van der Waals surface area (Å²) < 4.78 is 46.6. The van der Waals surface area contributed by atoms with Gasteiger partial charge in [0.1, 0.15) is 9.84 Å². The Morgan fingerprint density at radius 1 is 1.16 bits per heavy atom. The number of hydrogen-bond donors (Lipinski definition) is 1. The van der Waals surface area contributed by atoms with Crippen molar-refractivity contribution in [1.82, 2.24) is 0 Å². The van der Waals surface area contributed by atoms with Crippen molar-refractivity contribution in [2.24, 2.45) is 5.73 Å². The molecule has 2 N–H and O–H groups in total. The Bertz CT molecular complexity index is 679. The van der Waals surface area contributed by atoms with Gasteiger partial charge in [-0.15, -0.1) is 0 Å². The number of sulfone groups is 2. The lowest BCUT2D eigenvalue weighted by Crippen LogP contribution is -2.34. The molecule has 1 aromatic rings. The Morgan fingerprint density at radius 3 is 2.37 bits per heavy atom. The molecule has 0 radical (unpaired) electrons. The molecule has 0 aromatic heterocycles. The number of rotatable bonds is 4. The second-order valence-corrected chi connectivity index (χ2v) is 9.56. The Morgan fingerprint density at radius 2 is 1.79 bits per heavy atom. The van der Waals surface area contributed by atoms with Crippen molar-refractivity contribution in [3.05, 3.63) is 35.4 Å². The lowest BCUT2D eigenvalue weighted by atomic mass is 10.1.